The number of hydrogen-bond acceptors (Lipinski definition) is 4. The summed E-state index contributed by atoms with van der Waals surface area (Å²) in [5.74, 6) is 6.02. The van der Waals surface area contributed by atoms with Gasteiger partial charge in [-0.05, 0) is 24.3 Å². The lowest BCUT2D eigenvalue weighted by Crippen LogP contribution is -2.24. The van der Waals surface area contributed by atoms with E-state index in [0.29, 0.717) is 0 Å². The van der Waals surface area contributed by atoms with Crippen LogP contribution >= 0.6 is 11.3 Å². The molecular formula is C13H13N3S. The maximum atomic E-state index is 6.02. The highest BCUT2D eigenvalue weighted by Crippen LogP contribution is 2.30. The van der Waals surface area contributed by atoms with Crippen molar-refractivity contribution in [2.45, 2.75) is 0 Å². The van der Waals surface area contributed by atoms with Crippen LogP contribution in [0, 0.1) is 0 Å². The molecule has 0 bridgehead atoms. The first-order valence-electron chi connectivity index (χ1n) is 5.12. The molecule has 0 atom stereocenters. The monoisotopic (exact) mass is 243 g/mol. The smallest absolute Gasteiger partial charge is 0.205 e. The van der Waals surface area contributed by atoms with Crippen molar-refractivity contribution in [1.82, 2.24) is 4.98 Å². The van der Waals surface area contributed by atoms with Crippen molar-refractivity contribution in [1.29, 1.82) is 0 Å². The fourth-order valence-corrected chi connectivity index (χ4v) is 2.29. The number of benzene rings is 1. The van der Waals surface area contributed by atoms with Crippen LogP contribution in [-0.4, -0.2) is 4.98 Å². The van der Waals surface area contributed by atoms with Crippen molar-refractivity contribution in [3.05, 3.63) is 54.1 Å². The van der Waals surface area contributed by atoms with E-state index >= 15 is 0 Å². The molecule has 0 aliphatic rings. The zero-order chi connectivity index (χ0) is 12.3. The molecule has 4 heteroatoms. The van der Waals surface area contributed by atoms with Crippen molar-refractivity contribution >= 4 is 34.3 Å². The van der Waals surface area contributed by atoms with Gasteiger partial charge in [0.05, 0.1) is 16.3 Å². The molecule has 0 unspecified atom stereocenters. The molecule has 0 amide bonds. The van der Waals surface area contributed by atoms with Crippen LogP contribution in [0.5, 0.6) is 0 Å². The largest absolute Gasteiger partial charge is 0.254 e. The summed E-state index contributed by atoms with van der Waals surface area (Å²) in [7, 11) is 0. The van der Waals surface area contributed by atoms with E-state index in [1.54, 1.807) is 17.2 Å². The summed E-state index contributed by atoms with van der Waals surface area (Å²) in [5, 5.41) is 2.28. The van der Waals surface area contributed by atoms with Gasteiger partial charge >= 0.3 is 0 Å². The Kier molecular flexibility index (Phi) is 3.37. The fourth-order valence-electron chi connectivity index (χ4n) is 1.43. The first-order chi connectivity index (χ1) is 8.26. The molecule has 0 radical (unpaired) electrons. The van der Waals surface area contributed by atoms with Gasteiger partial charge in [0.2, 0.25) is 5.13 Å². The van der Waals surface area contributed by atoms with Crippen LogP contribution in [-0.2, 0) is 0 Å². The van der Waals surface area contributed by atoms with Crippen LogP contribution in [0.15, 0.2) is 43.5 Å². The number of aromatic nitrogens is 1. The van der Waals surface area contributed by atoms with Gasteiger partial charge in [0, 0.05) is 0 Å². The van der Waals surface area contributed by atoms with E-state index in [4.69, 9.17) is 5.84 Å². The number of para-hydroxylation sites is 1. The highest BCUT2D eigenvalue weighted by atomic mass is 32.1. The highest BCUT2D eigenvalue weighted by Gasteiger charge is 2.11. The number of thiazole rings is 1. The number of nitrogens with zero attached hydrogens (tertiary/aromatic N) is 2. The van der Waals surface area contributed by atoms with Gasteiger partial charge in [0.15, 0.2) is 0 Å². The SMILES string of the molecule is C=Cc1nc(N(N)c2ccccc2)sc1C=C. The third-order valence-corrected chi connectivity index (χ3v) is 3.36. The second kappa shape index (κ2) is 4.95. The van der Waals surface area contributed by atoms with Gasteiger partial charge in [-0.3, -0.25) is 5.01 Å². The maximum absolute atomic E-state index is 6.02. The quantitative estimate of drug-likeness (QED) is 0.660. The summed E-state index contributed by atoms with van der Waals surface area (Å²) in [6.07, 6.45) is 3.47. The summed E-state index contributed by atoms with van der Waals surface area (Å²) < 4.78 is 0. The molecule has 2 aromatic rings. The van der Waals surface area contributed by atoms with Crippen molar-refractivity contribution in [2.24, 2.45) is 5.84 Å². The van der Waals surface area contributed by atoms with Gasteiger partial charge in [-0.1, -0.05) is 42.7 Å². The Morgan fingerprint density at radius 1 is 1.18 bits per heavy atom. The number of hydrazine groups is 1. The summed E-state index contributed by atoms with van der Waals surface area (Å²) in [6.45, 7) is 7.47. The first kappa shape index (κ1) is 11.6. The topological polar surface area (TPSA) is 42.2 Å². The lowest BCUT2D eigenvalue weighted by molar-refractivity contribution is 1.06. The minimum Gasteiger partial charge on any atom is -0.254 e. The van der Waals surface area contributed by atoms with Crippen molar-refractivity contribution in [3.8, 4) is 0 Å². The van der Waals surface area contributed by atoms with E-state index in [9.17, 15) is 0 Å². The third-order valence-electron chi connectivity index (χ3n) is 2.29. The molecule has 3 nitrogen and oxygen atoms in total. The normalized spacial score (nSPS) is 9.94. The van der Waals surface area contributed by atoms with E-state index in [0.717, 1.165) is 21.4 Å². The second-order valence-corrected chi connectivity index (χ2v) is 4.37. The van der Waals surface area contributed by atoms with Crippen molar-refractivity contribution < 1.29 is 0 Å². The minimum absolute atomic E-state index is 0.723. The van der Waals surface area contributed by atoms with E-state index in [-0.39, 0.29) is 0 Å². The van der Waals surface area contributed by atoms with Gasteiger partial charge in [0.25, 0.3) is 0 Å². The Morgan fingerprint density at radius 3 is 2.41 bits per heavy atom. The third kappa shape index (κ3) is 2.27. The first-order valence-corrected chi connectivity index (χ1v) is 5.93. The molecule has 0 aliphatic carbocycles. The van der Waals surface area contributed by atoms with E-state index in [1.165, 1.54) is 11.3 Å². The molecule has 17 heavy (non-hydrogen) atoms. The van der Waals surface area contributed by atoms with Gasteiger partial charge in [0.1, 0.15) is 0 Å². The Bertz CT molecular complexity index is 505. The van der Waals surface area contributed by atoms with E-state index in [2.05, 4.69) is 18.1 Å². The van der Waals surface area contributed by atoms with Crippen molar-refractivity contribution in [3.63, 3.8) is 0 Å². The van der Waals surface area contributed by atoms with Gasteiger partial charge in [-0.15, -0.1) is 0 Å². The molecule has 1 aromatic heterocycles. The molecule has 2 rings (SSSR count). The summed E-state index contributed by atoms with van der Waals surface area (Å²) in [5.41, 5.74) is 1.71. The number of anilines is 2. The van der Waals surface area contributed by atoms with Crippen molar-refractivity contribution in [2.75, 3.05) is 5.01 Å². The van der Waals surface area contributed by atoms with Crippen LogP contribution in [0.3, 0.4) is 0 Å². The Morgan fingerprint density at radius 2 is 1.88 bits per heavy atom. The van der Waals surface area contributed by atoms with E-state index in [1.807, 2.05) is 30.3 Å². The number of nitrogens with two attached hydrogens (primary N) is 1. The van der Waals surface area contributed by atoms with Crippen LogP contribution in [0.4, 0.5) is 10.8 Å². The van der Waals surface area contributed by atoms with E-state index < -0.39 is 0 Å². The van der Waals surface area contributed by atoms with Crippen LogP contribution in [0.1, 0.15) is 10.6 Å². The summed E-state index contributed by atoms with van der Waals surface area (Å²) in [6, 6.07) is 9.69. The maximum Gasteiger partial charge on any atom is 0.205 e. The molecule has 86 valence electrons. The average Bonchev–Trinajstić information content (AvgIpc) is 2.82. The van der Waals surface area contributed by atoms with Gasteiger partial charge < -0.3 is 0 Å². The molecule has 0 saturated heterocycles. The predicted octanol–water partition coefficient (Wildman–Crippen LogP) is 3.44. The molecule has 0 spiro atoms. The molecule has 0 saturated carbocycles. The van der Waals surface area contributed by atoms with Gasteiger partial charge in [-0.2, -0.15) is 0 Å². The molecule has 0 aliphatic heterocycles. The number of rotatable bonds is 4. The standard InChI is InChI=1S/C13H13N3S/c1-3-11-12(4-2)17-13(15-11)16(14)10-8-6-5-7-9-10/h3-9H,1-2,14H2. The van der Waals surface area contributed by atoms with Crippen LogP contribution < -0.4 is 10.9 Å². The lowest BCUT2D eigenvalue weighted by Gasteiger charge is -2.14. The average molecular weight is 243 g/mol. The van der Waals surface area contributed by atoms with Crippen LogP contribution in [0.2, 0.25) is 0 Å². The molecule has 2 N–H and O–H groups in total. The zero-order valence-corrected chi connectivity index (χ0v) is 10.2. The number of hydrogen-bond donors (Lipinski definition) is 1. The lowest BCUT2D eigenvalue weighted by atomic mass is 10.3. The Balaban J connectivity index is 2.37. The predicted molar refractivity (Wildman–Crippen MR) is 75.1 cm³/mol. The molecule has 1 aromatic carbocycles. The Hall–Kier alpha value is -1.91. The van der Waals surface area contributed by atoms with Crippen LogP contribution in [0.25, 0.3) is 12.2 Å². The Labute approximate surface area is 104 Å². The molecular weight excluding hydrogens is 230 g/mol. The summed E-state index contributed by atoms with van der Waals surface area (Å²) >= 11 is 1.49. The molecule has 0 fully saturated rings. The van der Waals surface area contributed by atoms with Gasteiger partial charge in [-0.25, -0.2) is 10.8 Å². The zero-order valence-electron chi connectivity index (χ0n) is 9.34. The highest BCUT2D eigenvalue weighted by molar-refractivity contribution is 7.16. The fraction of sp³-hybridized carbons (Fsp3) is 0. The minimum atomic E-state index is 0.723. The molecule has 1 heterocycles. The second-order valence-electron chi connectivity index (χ2n) is 3.36. The summed E-state index contributed by atoms with van der Waals surface area (Å²) in [4.78, 5) is 5.38.